The Balaban J connectivity index is 1.08. The number of para-hydroxylation sites is 1. The third kappa shape index (κ3) is 6.00. The second kappa shape index (κ2) is 12.4. The first-order valence-corrected chi connectivity index (χ1v) is 16.9. The largest absolute Gasteiger partial charge is 0.423 e. The van der Waals surface area contributed by atoms with Gasteiger partial charge in [0.1, 0.15) is 5.75 Å². The van der Waals surface area contributed by atoms with Crippen LogP contribution in [0.2, 0.25) is 0 Å². The number of carbonyl (C=O) groups is 1. The number of nitrogens with zero attached hydrogens (tertiary/aromatic N) is 6. The van der Waals surface area contributed by atoms with Crippen molar-refractivity contribution < 1.29 is 9.53 Å². The Morgan fingerprint density at radius 3 is 2.51 bits per heavy atom. The summed E-state index contributed by atoms with van der Waals surface area (Å²) in [5.41, 5.74) is 4.49. The lowest BCUT2D eigenvalue weighted by atomic mass is 9.79. The Bertz CT molecular complexity index is 1620. The van der Waals surface area contributed by atoms with Gasteiger partial charge in [0.15, 0.2) is 0 Å². The summed E-state index contributed by atoms with van der Waals surface area (Å²) in [6.45, 7) is 3.25. The van der Waals surface area contributed by atoms with E-state index in [0.717, 1.165) is 74.5 Å². The van der Waals surface area contributed by atoms with E-state index in [1.807, 2.05) is 60.7 Å². The zero-order valence-electron chi connectivity index (χ0n) is 25.9. The topological polar surface area (TPSA) is 76.4 Å². The summed E-state index contributed by atoms with van der Waals surface area (Å²) in [6, 6.07) is 27.6. The molecule has 2 saturated heterocycles. The first-order valence-electron chi connectivity index (χ1n) is 16.9. The van der Waals surface area contributed by atoms with Crippen molar-refractivity contribution in [3.63, 3.8) is 0 Å². The van der Waals surface area contributed by atoms with Crippen molar-refractivity contribution in [2.75, 3.05) is 19.6 Å². The maximum absolute atomic E-state index is 13.8. The molecule has 1 saturated carbocycles. The summed E-state index contributed by atoms with van der Waals surface area (Å²) in [5.74, 6) is 2.96. The molecule has 3 unspecified atom stereocenters. The minimum Gasteiger partial charge on any atom is -0.423 e. The highest BCUT2D eigenvalue weighted by Crippen LogP contribution is 2.42. The number of carbonyl (C=O) groups excluding carboxylic acids is 1. The lowest BCUT2D eigenvalue weighted by Crippen LogP contribution is -2.46. The molecular formula is C37H42N6O2. The lowest BCUT2D eigenvalue weighted by molar-refractivity contribution is 0.0652. The number of aromatic nitrogens is 4. The number of hydrogen-bond donors (Lipinski definition) is 0. The van der Waals surface area contributed by atoms with Gasteiger partial charge in [-0.05, 0) is 140 Å². The third-order valence-corrected chi connectivity index (χ3v) is 10.8. The molecule has 9 rings (SSSR count). The first kappa shape index (κ1) is 28.4. The van der Waals surface area contributed by atoms with Gasteiger partial charge in [0.2, 0.25) is 0 Å². The van der Waals surface area contributed by atoms with E-state index in [1.165, 1.54) is 36.9 Å². The van der Waals surface area contributed by atoms with Gasteiger partial charge in [0.05, 0.1) is 5.69 Å². The Labute approximate surface area is 265 Å². The van der Waals surface area contributed by atoms with Gasteiger partial charge >= 0.3 is 6.01 Å². The molecule has 232 valence electrons. The molecule has 0 radical (unpaired) electrons. The van der Waals surface area contributed by atoms with E-state index in [9.17, 15) is 4.79 Å². The number of likely N-dealkylation sites (tertiary alicyclic amines) is 1. The average molecular weight is 603 g/mol. The summed E-state index contributed by atoms with van der Waals surface area (Å²) in [5, 5.41) is 12.2. The molecule has 45 heavy (non-hydrogen) atoms. The number of hydrogen-bond acceptors (Lipinski definition) is 6. The molecule has 2 aliphatic carbocycles. The number of ether oxygens (including phenoxy) is 1. The molecule has 3 aromatic carbocycles. The van der Waals surface area contributed by atoms with Crippen molar-refractivity contribution in [2.24, 2.45) is 17.8 Å². The summed E-state index contributed by atoms with van der Waals surface area (Å²) >= 11 is 0. The second-order valence-electron chi connectivity index (χ2n) is 13.6. The molecule has 4 atom stereocenters. The van der Waals surface area contributed by atoms with Crippen molar-refractivity contribution >= 4 is 5.91 Å². The number of fused-ring (bicyclic) bond motifs is 5. The van der Waals surface area contributed by atoms with Crippen LogP contribution in [0, 0.1) is 17.8 Å². The van der Waals surface area contributed by atoms with Crippen LogP contribution < -0.4 is 4.74 Å². The fourth-order valence-electron chi connectivity index (χ4n) is 8.28. The Morgan fingerprint density at radius 1 is 0.867 bits per heavy atom. The normalized spacial score (nSPS) is 25.2. The van der Waals surface area contributed by atoms with Gasteiger partial charge in [-0.2, -0.15) is 4.68 Å². The molecule has 0 N–H and O–H groups in total. The maximum Gasteiger partial charge on any atom is 0.345 e. The van der Waals surface area contributed by atoms with Crippen LogP contribution in [0.1, 0.15) is 66.4 Å². The summed E-state index contributed by atoms with van der Waals surface area (Å²) in [7, 11) is 0. The molecule has 0 spiro atoms. The van der Waals surface area contributed by atoms with E-state index in [1.54, 1.807) is 4.68 Å². The van der Waals surface area contributed by atoms with Gasteiger partial charge in [0, 0.05) is 30.7 Å². The van der Waals surface area contributed by atoms with Gasteiger partial charge in [-0.1, -0.05) is 47.6 Å². The van der Waals surface area contributed by atoms with Crippen LogP contribution in [-0.2, 0) is 12.8 Å². The minimum atomic E-state index is 0.220. The number of aryl methyl sites for hydroxylation is 1. The smallest absolute Gasteiger partial charge is 0.345 e. The molecule has 8 nitrogen and oxygen atoms in total. The van der Waals surface area contributed by atoms with Gasteiger partial charge in [-0.15, -0.1) is 0 Å². The molecule has 3 fully saturated rings. The van der Waals surface area contributed by atoms with Crippen LogP contribution in [-0.4, -0.2) is 67.6 Å². The van der Waals surface area contributed by atoms with Crippen molar-refractivity contribution in [3.8, 4) is 17.4 Å². The standard InChI is InChI=1S/C37H42N6O2/c44-36(27-8-3-1-4-9-27)42-25-30-11-7-10-28-23-33(45-37-38-39-40-43(37)31-12-5-2-6-13-31)18-16-29(28)22-32-17-19-35(42)34(30)20-21-41(32)24-26-14-15-26/h1-6,8-9,12-13,16,18,23,26,30,32,34-35H,7,10-11,14-15,17,19-22,24-25H2/t30-,32?,34?,35?/m1/s1. The van der Waals surface area contributed by atoms with Crippen LogP contribution >= 0.6 is 0 Å². The van der Waals surface area contributed by atoms with Crippen LogP contribution in [0.3, 0.4) is 0 Å². The molecular weight excluding hydrogens is 560 g/mol. The number of tetrazole rings is 1. The average Bonchev–Trinajstić information content (AvgIpc) is 3.66. The first-order chi connectivity index (χ1) is 22.2. The third-order valence-electron chi connectivity index (χ3n) is 10.8. The molecule has 1 amide bonds. The van der Waals surface area contributed by atoms with E-state index in [0.29, 0.717) is 29.9 Å². The van der Waals surface area contributed by atoms with E-state index in [-0.39, 0.29) is 5.91 Å². The molecule has 5 aliphatic rings. The predicted octanol–water partition coefficient (Wildman–Crippen LogP) is 6.35. The minimum absolute atomic E-state index is 0.220. The molecule has 8 heteroatoms. The molecule has 1 aromatic heterocycles. The van der Waals surface area contributed by atoms with Crippen molar-refractivity contribution in [1.82, 2.24) is 30.0 Å². The fraction of sp³-hybridized carbons (Fsp3) is 0.459. The molecule has 4 aromatic rings. The molecule has 4 bridgehead atoms. The second-order valence-corrected chi connectivity index (χ2v) is 13.6. The molecule has 4 heterocycles. The van der Waals surface area contributed by atoms with Gasteiger partial charge in [-0.25, -0.2) is 0 Å². The summed E-state index contributed by atoms with van der Waals surface area (Å²) < 4.78 is 7.95. The zero-order valence-corrected chi connectivity index (χ0v) is 25.9. The van der Waals surface area contributed by atoms with Crippen LogP contribution in [0.25, 0.3) is 5.69 Å². The van der Waals surface area contributed by atoms with Crippen LogP contribution in [0.4, 0.5) is 0 Å². The highest BCUT2D eigenvalue weighted by atomic mass is 16.5. The number of amides is 1. The summed E-state index contributed by atoms with van der Waals surface area (Å²) in [6.07, 6.45) is 10.5. The Kier molecular flexibility index (Phi) is 7.83. The fourth-order valence-corrected chi connectivity index (χ4v) is 8.28. The van der Waals surface area contributed by atoms with Gasteiger partial charge < -0.3 is 9.64 Å². The SMILES string of the molecule is O=C(c1ccccc1)N1C[C@H]2CCCc3cc(Oc4nnnn4-c4ccccc4)ccc3CC3CCC1C2CCN3CC1CC1. The van der Waals surface area contributed by atoms with Gasteiger partial charge in [0.25, 0.3) is 5.91 Å². The highest BCUT2D eigenvalue weighted by molar-refractivity contribution is 5.94. The van der Waals surface area contributed by atoms with E-state index in [4.69, 9.17) is 4.74 Å². The number of rotatable bonds is 6. The van der Waals surface area contributed by atoms with E-state index < -0.39 is 0 Å². The lowest BCUT2D eigenvalue weighted by Gasteiger charge is -2.40. The zero-order chi connectivity index (χ0) is 30.2. The van der Waals surface area contributed by atoms with Crippen molar-refractivity contribution in [1.29, 1.82) is 0 Å². The Morgan fingerprint density at radius 2 is 1.69 bits per heavy atom. The quantitative estimate of drug-likeness (QED) is 0.256. The van der Waals surface area contributed by atoms with Gasteiger partial charge in [-0.3, -0.25) is 9.69 Å². The molecule has 3 aliphatic heterocycles. The van der Waals surface area contributed by atoms with Crippen molar-refractivity contribution in [3.05, 3.63) is 95.6 Å². The van der Waals surface area contributed by atoms with E-state index >= 15 is 0 Å². The van der Waals surface area contributed by atoms with Crippen LogP contribution in [0.5, 0.6) is 11.8 Å². The number of benzene rings is 3. The summed E-state index contributed by atoms with van der Waals surface area (Å²) in [4.78, 5) is 18.9. The van der Waals surface area contributed by atoms with E-state index in [2.05, 4.69) is 43.5 Å². The van der Waals surface area contributed by atoms with Crippen LogP contribution in [0.15, 0.2) is 78.9 Å². The van der Waals surface area contributed by atoms with Crippen molar-refractivity contribution in [2.45, 2.75) is 69.9 Å². The maximum atomic E-state index is 13.8. The Hall–Kier alpha value is -4.04. The highest BCUT2D eigenvalue weighted by Gasteiger charge is 2.45. The predicted molar refractivity (Wildman–Crippen MR) is 172 cm³/mol. The monoisotopic (exact) mass is 602 g/mol.